The molecule has 0 aromatic carbocycles. The van der Waals surface area contributed by atoms with E-state index >= 15 is 0 Å². The Labute approximate surface area is 144 Å². The molecule has 0 N–H and O–H groups in total. The summed E-state index contributed by atoms with van der Waals surface area (Å²) in [5.41, 5.74) is 2.22. The Morgan fingerprint density at radius 2 is 1.83 bits per heavy atom. The predicted octanol–water partition coefficient (Wildman–Crippen LogP) is 3.35. The van der Waals surface area contributed by atoms with Crippen molar-refractivity contribution in [3.05, 3.63) is 17.0 Å². The van der Waals surface area contributed by atoms with Gasteiger partial charge in [0.1, 0.15) is 11.8 Å². The Kier molecular flexibility index (Phi) is 4.08. The molecule has 0 saturated carbocycles. The highest BCUT2D eigenvalue weighted by molar-refractivity contribution is 5.98. The minimum absolute atomic E-state index is 0.0161. The van der Waals surface area contributed by atoms with Gasteiger partial charge in [-0.1, -0.05) is 0 Å². The summed E-state index contributed by atoms with van der Waals surface area (Å²) in [5.74, 6) is 0.170. The maximum Gasteiger partial charge on any atom is 0.181 e. The third-order valence-corrected chi connectivity index (χ3v) is 5.73. The molecule has 5 nitrogen and oxygen atoms in total. The number of hydrogen-bond donors (Lipinski definition) is 0. The van der Waals surface area contributed by atoms with Gasteiger partial charge in [0.25, 0.3) is 0 Å². The second kappa shape index (κ2) is 5.70. The SMILES string of the molecule is CC(C)n1nc(C#N)c2c1C(=O)CC1(CCN(C(C)(C)C)CC1)C2. The van der Waals surface area contributed by atoms with Gasteiger partial charge in [0.15, 0.2) is 11.5 Å². The normalized spacial score (nSPS) is 21.1. The molecule has 24 heavy (non-hydrogen) atoms. The molecule has 1 saturated heterocycles. The molecule has 3 rings (SSSR count). The van der Waals surface area contributed by atoms with E-state index in [-0.39, 0.29) is 22.8 Å². The molecule has 130 valence electrons. The lowest BCUT2D eigenvalue weighted by atomic mass is 9.66. The number of carbonyl (C=O) groups excluding carboxylic acids is 1. The van der Waals surface area contributed by atoms with Crippen LogP contribution in [0.3, 0.4) is 0 Å². The van der Waals surface area contributed by atoms with Crippen LogP contribution in [-0.2, 0) is 6.42 Å². The highest BCUT2D eigenvalue weighted by Crippen LogP contribution is 2.45. The Balaban J connectivity index is 1.91. The van der Waals surface area contributed by atoms with Crippen LogP contribution in [0.5, 0.6) is 0 Å². The minimum atomic E-state index is 0.0161. The van der Waals surface area contributed by atoms with Crippen LogP contribution in [0.2, 0.25) is 0 Å². The summed E-state index contributed by atoms with van der Waals surface area (Å²) in [6.07, 6.45) is 3.46. The van der Waals surface area contributed by atoms with E-state index in [4.69, 9.17) is 0 Å². The van der Waals surface area contributed by atoms with E-state index in [2.05, 4.69) is 36.8 Å². The molecule has 1 aliphatic heterocycles. The lowest BCUT2D eigenvalue weighted by molar-refractivity contribution is 0.0333. The van der Waals surface area contributed by atoms with Gasteiger partial charge in [0.05, 0.1) is 0 Å². The number of nitrogens with zero attached hydrogens (tertiary/aromatic N) is 4. The van der Waals surface area contributed by atoms with Crippen molar-refractivity contribution in [2.24, 2.45) is 5.41 Å². The average Bonchev–Trinajstić information content (AvgIpc) is 2.85. The largest absolute Gasteiger partial charge is 0.298 e. The molecule has 1 aromatic rings. The molecule has 1 spiro atoms. The lowest BCUT2D eigenvalue weighted by Gasteiger charge is -2.47. The van der Waals surface area contributed by atoms with Gasteiger partial charge in [0, 0.05) is 23.6 Å². The standard InChI is InChI=1S/C19H28N4O/c1-13(2)23-17-14(15(12-20)21-23)10-19(11-16(17)24)6-8-22(9-7-19)18(3,4)5/h13H,6-11H2,1-5H3. The molecule has 2 aliphatic rings. The molecule has 0 bridgehead atoms. The fourth-order valence-electron chi connectivity index (χ4n) is 4.26. The third-order valence-electron chi connectivity index (χ3n) is 5.73. The maximum atomic E-state index is 12.9. The van der Waals surface area contributed by atoms with Crippen LogP contribution in [0.25, 0.3) is 0 Å². The fourth-order valence-corrected chi connectivity index (χ4v) is 4.26. The zero-order chi connectivity index (χ0) is 17.7. The molecule has 0 unspecified atom stereocenters. The van der Waals surface area contributed by atoms with Gasteiger partial charge in [-0.05, 0) is 72.4 Å². The summed E-state index contributed by atoms with van der Waals surface area (Å²) in [6.45, 7) is 12.8. The first-order valence-corrected chi connectivity index (χ1v) is 8.97. The molecule has 1 aromatic heterocycles. The number of rotatable bonds is 1. The van der Waals surface area contributed by atoms with Crippen molar-refractivity contribution in [3.63, 3.8) is 0 Å². The quantitative estimate of drug-likeness (QED) is 0.793. The van der Waals surface area contributed by atoms with Crippen molar-refractivity contribution in [2.75, 3.05) is 13.1 Å². The molecular formula is C19H28N4O. The smallest absolute Gasteiger partial charge is 0.181 e. The Bertz CT molecular complexity index is 694. The first-order valence-electron chi connectivity index (χ1n) is 8.97. The van der Waals surface area contributed by atoms with Crippen molar-refractivity contribution < 1.29 is 4.79 Å². The Morgan fingerprint density at radius 3 is 2.33 bits per heavy atom. The number of nitriles is 1. The monoisotopic (exact) mass is 328 g/mol. The number of aromatic nitrogens is 2. The number of piperidine rings is 1. The van der Waals surface area contributed by atoms with Gasteiger partial charge >= 0.3 is 0 Å². The average molecular weight is 328 g/mol. The Morgan fingerprint density at radius 1 is 1.21 bits per heavy atom. The van der Waals surface area contributed by atoms with Crippen LogP contribution in [-0.4, -0.2) is 39.1 Å². The van der Waals surface area contributed by atoms with E-state index in [0.29, 0.717) is 17.8 Å². The molecule has 1 fully saturated rings. The second-order valence-electron chi connectivity index (χ2n) is 8.76. The summed E-state index contributed by atoms with van der Waals surface area (Å²) in [5, 5.41) is 13.9. The van der Waals surface area contributed by atoms with E-state index in [1.54, 1.807) is 4.68 Å². The van der Waals surface area contributed by atoms with Crippen molar-refractivity contribution >= 4 is 5.78 Å². The minimum Gasteiger partial charge on any atom is -0.298 e. The number of ketones is 1. The topological polar surface area (TPSA) is 61.9 Å². The van der Waals surface area contributed by atoms with Crippen LogP contribution in [0.15, 0.2) is 0 Å². The fraction of sp³-hybridized carbons (Fsp3) is 0.737. The highest BCUT2D eigenvalue weighted by Gasteiger charge is 2.45. The summed E-state index contributed by atoms with van der Waals surface area (Å²) in [6, 6.07) is 2.31. The van der Waals surface area contributed by atoms with Gasteiger partial charge in [-0.15, -0.1) is 0 Å². The summed E-state index contributed by atoms with van der Waals surface area (Å²) < 4.78 is 1.76. The van der Waals surface area contributed by atoms with Crippen LogP contribution in [0, 0.1) is 16.7 Å². The van der Waals surface area contributed by atoms with E-state index in [9.17, 15) is 10.1 Å². The van der Waals surface area contributed by atoms with Gasteiger partial charge < -0.3 is 0 Å². The predicted molar refractivity (Wildman–Crippen MR) is 93.0 cm³/mol. The maximum absolute atomic E-state index is 12.9. The van der Waals surface area contributed by atoms with Gasteiger partial charge in [-0.2, -0.15) is 10.4 Å². The molecule has 0 atom stereocenters. The third kappa shape index (κ3) is 2.77. The lowest BCUT2D eigenvalue weighted by Crippen LogP contribution is -2.50. The van der Waals surface area contributed by atoms with Crippen molar-refractivity contribution in [1.29, 1.82) is 5.26 Å². The highest BCUT2D eigenvalue weighted by atomic mass is 16.1. The molecule has 1 aliphatic carbocycles. The van der Waals surface area contributed by atoms with Crippen LogP contribution < -0.4 is 0 Å². The zero-order valence-corrected chi connectivity index (χ0v) is 15.5. The first kappa shape index (κ1) is 17.2. The number of fused-ring (bicyclic) bond motifs is 1. The summed E-state index contributed by atoms with van der Waals surface area (Å²) in [4.78, 5) is 15.4. The van der Waals surface area contributed by atoms with E-state index in [1.165, 1.54) is 0 Å². The Hall–Kier alpha value is -1.67. The summed E-state index contributed by atoms with van der Waals surface area (Å²) in [7, 11) is 0. The van der Waals surface area contributed by atoms with E-state index in [1.807, 2.05) is 13.8 Å². The van der Waals surface area contributed by atoms with Crippen molar-refractivity contribution in [2.45, 2.75) is 71.9 Å². The van der Waals surface area contributed by atoms with Gasteiger partial charge in [-0.3, -0.25) is 14.4 Å². The number of likely N-dealkylation sites (tertiary alicyclic amines) is 1. The van der Waals surface area contributed by atoms with Crippen LogP contribution >= 0.6 is 0 Å². The number of hydrogen-bond acceptors (Lipinski definition) is 4. The molecule has 2 heterocycles. The first-order chi connectivity index (χ1) is 11.2. The van der Waals surface area contributed by atoms with E-state index in [0.717, 1.165) is 37.9 Å². The molecule has 0 radical (unpaired) electrons. The molecular weight excluding hydrogens is 300 g/mol. The molecule has 0 amide bonds. The van der Waals surface area contributed by atoms with Crippen molar-refractivity contribution in [3.8, 4) is 6.07 Å². The van der Waals surface area contributed by atoms with E-state index < -0.39 is 0 Å². The van der Waals surface area contributed by atoms with Gasteiger partial charge in [-0.25, -0.2) is 0 Å². The second-order valence-corrected chi connectivity index (χ2v) is 8.76. The van der Waals surface area contributed by atoms with Crippen LogP contribution in [0.1, 0.15) is 81.7 Å². The van der Waals surface area contributed by atoms with Gasteiger partial charge in [0.2, 0.25) is 0 Å². The summed E-state index contributed by atoms with van der Waals surface area (Å²) >= 11 is 0. The molecule has 5 heteroatoms. The van der Waals surface area contributed by atoms with Crippen molar-refractivity contribution in [1.82, 2.24) is 14.7 Å². The van der Waals surface area contributed by atoms with Crippen LogP contribution in [0.4, 0.5) is 0 Å². The number of carbonyl (C=O) groups is 1. The zero-order valence-electron chi connectivity index (χ0n) is 15.5. The number of Topliss-reactive ketones (excluding diaryl/α,β-unsaturated/α-hetero) is 1.